The third-order valence-electron chi connectivity index (χ3n) is 3.48. The molecule has 20 heavy (non-hydrogen) atoms. The fraction of sp³-hybridized carbons (Fsp3) is 0.333. The maximum Gasteiger partial charge on any atom is 0.119 e. The predicted octanol–water partition coefficient (Wildman–Crippen LogP) is 2.37. The van der Waals surface area contributed by atoms with Crippen LogP contribution in [-0.2, 0) is 6.54 Å². The van der Waals surface area contributed by atoms with Crippen molar-refractivity contribution < 1.29 is 9.84 Å². The van der Waals surface area contributed by atoms with Gasteiger partial charge < -0.3 is 9.84 Å². The molecule has 104 valence electrons. The van der Waals surface area contributed by atoms with Gasteiger partial charge in [0.2, 0.25) is 0 Å². The van der Waals surface area contributed by atoms with E-state index in [0.29, 0.717) is 0 Å². The molecule has 5 heteroatoms. The van der Waals surface area contributed by atoms with Crippen molar-refractivity contribution in [2.75, 3.05) is 13.7 Å². The Morgan fingerprint density at radius 1 is 1.20 bits per heavy atom. The van der Waals surface area contributed by atoms with E-state index in [1.165, 1.54) is 0 Å². The highest BCUT2D eigenvalue weighted by Crippen LogP contribution is 2.27. The molecule has 0 radical (unpaired) electrons. The van der Waals surface area contributed by atoms with Crippen LogP contribution in [0.15, 0.2) is 30.3 Å². The summed E-state index contributed by atoms with van der Waals surface area (Å²) in [6.45, 7) is 0.967. The number of aromatic nitrogens is 3. The molecule has 2 aromatic carbocycles. The molecule has 0 aliphatic carbocycles. The molecule has 0 bridgehead atoms. The minimum Gasteiger partial charge on any atom is -0.497 e. The molecule has 0 saturated carbocycles. The first-order chi connectivity index (χ1) is 9.83. The van der Waals surface area contributed by atoms with E-state index < -0.39 is 0 Å². The molecule has 0 amide bonds. The van der Waals surface area contributed by atoms with Crippen molar-refractivity contribution in [2.24, 2.45) is 0 Å². The second-order valence-corrected chi connectivity index (χ2v) is 4.76. The Bertz CT molecular complexity index is 736. The van der Waals surface area contributed by atoms with Crippen LogP contribution in [0.5, 0.6) is 5.75 Å². The van der Waals surface area contributed by atoms with Gasteiger partial charge in [-0.2, -0.15) is 0 Å². The summed E-state index contributed by atoms with van der Waals surface area (Å²) in [7, 11) is 1.66. The third-order valence-corrected chi connectivity index (χ3v) is 3.48. The zero-order valence-corrected chi connectivity index (χ0v) is 11.4. The van der Waals surface area contributed by atoms with Crippen molar-refractivity contribution in [3.8, 4) is 5.75 Å². The molecule has 0 spiro atoms. The molecule has 0 atom stereocenters. The van der Waals surface area contributed by atoms with Gasteiger partial charge >= 0.3 is 0 Å². The summed E-state index contributed by atoms with van der Waals surface area (Å²) < 4.78 is 7.21. The smallest absolute Gasteiger partial charge is 0.119 e. The number of ether oxygens (including phenoxy) is 1. The fourth-order valence-corrected chi connectivity index (χ4v) is 2.43. The van der Waals surface area contributed by atoms with E-state index in [1.54, 1.807) is 7.11 Å². The summed E-state index contributed by atoms with van der Waals surface area (Å²) in [4.78, 5) is 0. The van der Waals surface area contributed by atoms with Crippen molar-refractivity contribution in [2.45, 2.75) is 19.4 Å². The summed E-state index contributed by atoms with van der Waals surface area (Å²) in [5.41, 5.74) is 1.91. The number of hydrogen-bond donors (Lipinski definition) is 1. The number of hydrogen-bond acceptors (Lipinski definition) is 4. The van der Waals surface area contributed by atoms with Crippen molar-refractivity contribution in [1.82, 2.24) is 15.0 Å². The van der Waals surface area contributed by atoms with E-state index >= 15 is 0 Å². The second kappa shape index (κ2) is 5.46. The van der Waals surface area contributed by atoms with Crippen LogP contribution in [0.25, 0.3) is 21.8 Å². The largest absolute Gasteiger partial charge is 0.497 e. The van der Waals surface area contributed by atoms with E-state index in [-0.39, 0.29) is 6.61 Å². The van der Waals surface area contributed by atoms with Crippen molar-refractivity contribution in [3.05, 3.63) is 30.3 Å². The quantitative estimate of drug-likeness (QED) is 0.724. The lowest BCUT2D eigenvalue weighted by molar-refractivity contribution is 0.280. The summed E-state index contributed by atoms with van der Waals surface area (Å²) in [5, 5.41) is 19.6. The highest BCUT2D eigenvalue weighted by Gasteiger charge is 2.09. The van der Waals surface area contributed by atoms with Gasteiger partial charge in [0.1, 0.15) is 11.3 Å². The Kier molecular flexibility index (Phi) is 3.52. The molecule has 0 saturated heterocycles. The van der Waals surface area contributed by atoms with Crippen molar-refractivity contribution >= 4 is 21.8 Å². The molecule has 5 nitrogen and oxygen atoms in total. The normalized spacial score (nSPS) is 11.3. The number of aliphatic hydroxyl groups excluding tert-OH is 1. The zero-order valence-electron chi connectivity index (χ0n) is 11.4. The van der Waals surface area contributed by atoms with Gasteiger partial charge in [-0.1, -0.05) is 17.3 Å². The van der Waals surface area contributed by atoms with Gasteiger partial charge in [0.15, 0.2) is 0 Å². The molecule has 1 aromatic heterocycles. The molecule has 1 heterocycles. The zero-order chi connectivity index (χ0) is 13.9. The van der Waals surface area contributed by atoms with E-state index in [4.69, 9.17) is 9.84 Å². The summed E-state index contributed by atoms with van der Waals surface area (Å²) >= 11 is 0. The van der Waals surface area contributed by atoms with Gasteiger partial charge in [0.25, 0.3) is 0 Å². The van der Waals surface area contributed by atoms with Crippen LogP contribution in [0.3, 0.4) is 0 Å². The van der Waals surface area contributed by atoms with Gasteiger partial charge in [-0.3, -0.25) is 0 Å². The van der Waals surface area contributed by atoms with Gasteiger partial charge in [-0.05, 0) is 36.4 Å². The van der Waals surface area contributed by atoms with Crippen LogP contribution in [-0.4, -0.2) is 33.8 Å². The first-order valence-electron chi connectivity index (χ1n) is 6.74. The van der Waals surface area contributed by atoms with Gasteiger partial charge in [-0.25, -0.2) is 4.68 Å². The van der Waals surface area contributed by atoms with Crippen LogP contribution in [0, 0.1) is 0 Å². The number of nitrogens with zero attached hydrogens (tertiary/aromatic N) is 3. The summed E-state index contributed by atoms with van der Waals surface area (Å²) in [5.74, 6) is 0.827. The highest BCUT2D eigenvalue weighted by atomic mass is 16.5. The number of unbranched alkanes of at least 4 members (excludes halogenated alkanes) is 1. The molecule has 3 rings (SSSR count). The Labute approximate surface area is 116 Å². The maximum atomic E-state index is 8.89. The average molecular weight is 271 g/mol. The number of aryl methyl sites for hydroxylation is 1. The van der Waals surface area contributed by atoms with Gasteiger partial charge in [0.05, 0.1) is 12.6 Å². The van der Waals surface area contributed by atoms with E-state index in [9.17, 15) is 0 Å². The second-order valence-electron chi connectivity index (χ2n) is 4.76. The molecule has 1 N–H and O–H groups in total. The monoisotopic (exact) mass is 271 g/mol. The fourth-order valence-electron chi connectivity index (χ4n) is 2.43. The molecular weight excluding hydrogens is 254 g/mol. The Hall–Kier alpha value is -2.14. The Morgan fingerprint density at radius 2 is 2.05 bits per heavy atom. The SMILES string of the molecule is COc1ccc2ccc3nnn(CCCCO)c3c2c1. The standard InChI is InChI=1S/C15H17N3O2/c1-20-12-6-4-11-5-7-14-15(13(11)10-12)18(17-16-14)8-2-3-9-19/h4-7,10,19H,2-3,8-9H2,1H3. The average Bonchev–Trinajstić information content (AvgIpc) is 2.90. The first kappa shape index (κ1) is 12.9. The van der Waals surface area contributed by atoms with E-state index in [2.05, 4.69) is 10.3 Å². The maximum absolute atomic E-state index is 8.89. The molecule has 0 aliphatic heterocycles. The van der Waals surface area contributed by atoms with Gasteiger partial charge in [-0.15, -0.1) is 5.10 Å². The Balaban J connectivity index is 2.14. The van der Waals surface area contributed by atoms with E-state index in [1.807, 2.05) is 35.0 Å². The van der Waals surface area contributed by atoms with Crippen molar-refractivity contribution in [3.63, 3.8) is 0 Å². The number of methoxy groups -OCH3 is 1. The van der Waals surface area contributed by atoms with Crippen LogP contribution in [0.4, 0.5) is 0 Å². The predicted molar refractivity (Wildman–Crippen MR) is 77.9 cm³/mol. The van der Waals surface area contributed by atoms with Crippen LogP contribution < -0.4 is 4.74 Å². The van der Waals surface area contributed by atoms with Gasteiger partial charge in [0, 0.05) is 18.5 Å². The lowest BCUT2D eigenvalue weighted by atomic mass is 10.1. The van der Waals surface area contributed by atoms with Crippen LogP contribution in [0.1, 0.15) is 12.8 Å². The molecule has 0 unspecified atom stereocenters. The highest BCUT2D eigenvalue weighted by molar-refractivity contribution is 6.04. The molecular formula is C15H17N3O2. The summed E-state index contributed by atoms with van der Waals surface area (Å²) in [6, 6.07) is 10.0. The first-order valence-corrected chi connectivity index (χ1v) is 6.74. The third kappa shape index (κ3) is 2.20. The number of aliphatic hydroxyl groups is 1. The van der Waals surface area contributed by atoms with Crippen molar-refractivity contribution in [1.29, 1.82) is 0 Å². The minimum absolute atomic E-state index is 0.210. The molecule has 0 aliphatic rings. The number of benzene rings is 2. The van der Waals surface area contributed by atoms with E-state index in [0.717, 1.165) is 46.9 Å². The lowest BCUT2D eigenvalue weighted by Crippen LogP contribution is -2.01. The van der Waals surface area contributed by atoms with Crippen LogP contribution in [0.2, 0.25) is 0 Å². The molecule has 0 fully saturated rings. The number of rotatable bonds is 5. The summed E-state index contributed by atoms with van der Waals surface area (Å²) in [6.07, 6.45) is 1.66. The lowest BCUT2D eigenvalue weighted by Gasteiger charge is -2.06. The van der Waals surface area contributed by atoms with Crippen LogP contribution >= 0.6 is 0 Å². The Morgan fingerprint density at radius 3 is 2.85 bits per heavy atom. The minimum atomic E-state index is 0.210. The molecule has 3 aromatic rings. The topological polar surface area (TPSA) is 60.2 Å². The number of fused-ring (bicyclic) bond motifs is 3.